The number of hydrogen-bond donors (Lipinski definition) is 2. The van der Waals surface area contributed by atoms with Crippen LogP contribution in [-0.4, -0.2) is 21.5 Å². The van der Waals surface area contributed by atoms with Gasteiger partial charge in [-0.1, -0.05) is 78.9 Å². The van der Waals surface area contributed by atoms with Gasteiger partial charge < -0.3 is 15.4 Å². The minimum Gasteiger partial charge on any atom is -0.493 e. The summed E-state index contributed by atoms with van der Waals surface area (Å²) < 4.78 is 1.37. The van der Waals surface area contributed by atoms with Crippen molar-refractivity contribution in [2.45, 2.75) is 18.4 Å². The number of amides is 2. The fraction of sp³-hybridized carbons (Fsp3) is 0.154. The quantitative estimate of drug-likeness (QED) is 0.434. The highest BCUT2D eigenvalue weighted by molar-refractivity contribution is 5.96. The van der Waals surface area contributed by atoms with Crippen LogP contribution in [0.15, 0.2) is 95.2 Å². The molecule has 0 radical (unpaired) electrons. The number of carbonyl (C=O) groups is 2. The highest BCUT2D eigenvalue weighted by Crippen LogP contribution is 2.59. The maximum absolute atomic E-state index is 13.1. The number of nitrogens with zero attached hydrogens (tertiary/aromatic N) is 3. The molecule has 7 heteroatoms. The van der Waals surface area contributed by atoms with E-state index in [0.29, 0.717) is 17.3 Å². The molecule has 1 fully saturated rings. The van der Waals surface area contributed by atoms with E-state index in [-0.39, 0.29) is 29.9 Å². The molecule has 0 aliphatic heterocycles. The molecule has 1 aromatic heterocycles. The van der Waals surface area contributed by atoms with Gasteiger partial charge in [-0.05, 0) is 23.6 Å². The second kappa shape index (κ2) is 8.02. The fourth-order valence-electron chi connectivity index (χ4n) is 4.69. The van der Waals surface area contributed by atoms with Gasteiger partial charge in [-0.15, -0.1) is 10.2 Å². The summed E-state index contributed by atoms with van der Waals surface area (Å²) in [5.74, 6) is -1.56. The largest absolute Gasteiger partial charge is 0.493 e. The molecule has 1 saturated carbocycles. The highest BCUT2D eigenvalue weighted by Gasteiger charge is 2.60. The van der Waals surface area contributed by atoms with Crippen molar-refractivity contribution >= 4 is 28.4 Å². The number of benzene rings is 3. The van der Waals surface area contributed by atoms with Crippen molar-refractivity contribution in [3.63, 3.8) is 0 Å². The molecule has 4 aromatic rings. The van der Waals surface area contributed by atoms with Crippen LogP contribution in [0.25, 0.3) is 10.9 Å². The van der Waals surface area contributed by atoms with Gasteiger partial charge in [0.1, 0.15) is 6.54 Å². The summed E-state index contributed by atoms with van der Waals surface area (Å²) in [5, 5.41) is 19.4. The number of nitrogens with two attached hydrogens (primary N) is 1. The van der Waals surface area contributed by atoms with E-state index in [1.54, 1.807) is 24.3 Å². The van der Waals surface area contributed by atoms with Gasteiger partial charge in [-0.2, -0.15) is 0 Å². The van der Waals surface area contributed by atoms with E-state index in [2.05, 4.69) is 10.2 Å². The Morgan fingerprint density at radius 3 is 2.12 bits per heavy atom. The van der Waals surface area contributed by atoms with Crippen molar-refractivity contribution in [3.8, 4) is 5.88 Å². The number of rotatable bonds is 6. The summed E-state index contributed by atoms with van der Waals surface area (Å²) in [4.78, 5) is 24.6. The Labute approximate surface area is 190 Å². The van der Waals surface area contributed by atoms with Crippen LogP contribution in [-0.2, 0) is 21.5 Å². The van der Waals surface area contributed by atoms with Crippen LogP contribution in [0.2, 0.25) is 0 Å². The van der Waals surface area contributed by atoms with E-state index in [1.165, 1.54) is 4.57 Å². The third-order valence-corrected chi connectivity index (χ3v) is 6.32. The van der Waals surface area contributed by atoms with E-state index in [0.717, 1.165) is 11.1 Å². The number of fused-ring (bicyclic) bond motifs is 1. The lowest BCUT2D eigenvalue weighted by molar-refractivity contribution is -0.120. The first-order chi connectivity index (χ1) is 16.0. The summed E-state index contributed by atoms with van der Waals surface area (Å²) in [5.41, 5.74) is 7.73. The Hall–Kier alpha value is -4.26. The van der Waals surface area contributed by atoms with Gasteiger partial charge in [0.05, 0.1) is 11.4 Å². The van der Waals surface area contributed by atoms with Gasteiger partial charge in [0.2, 0.25) is 11.8 Å². The zero-order valence-electron chi connectivity index (χ0n) is 17.8. The number of para-hydroxylation sites is 1. The summed E-state index contributed by atoms with van der Waals surface area (Å²) in [6.07, 6.45) is 0.633. The molecular weight excluding hydrogens is 416 g/mol. The van der Waals surface area contributed by atoms with Crippen LogP contribution < -0.4 is 5.73 Å². The number of aromatic hydroxyl groups is 1. The number of hydrogen-bond acceptors (Lipinski definition) is 4. The first-order valence-electron chi connectivity index (χ1n) is 10.7. The normalized spacial score (nSPS) is 16.8. The average molecular weight is 438 g/mol. The molecule has 3 N–H and O–H groups in total. The number of carbonyl (C=O) groups excluding carboxylic acids is 2. The summed E-state index contributed by atoms with van der Waals surface area (Å²) in [7, 11) is 0. The van der Waals surface area contributed by atoms with Crippen LogP contribution in [0.4, 0.5) is 5.69 Å². The number of primary amides is 1. The van der Waals surface area contributed by atoms with E-state index in [1.807, 2.05) is 60.7 Å². The fourth-order valence-corrected chi connectivity index (χ4v) is 4.69. The molecule has 0 bridgehead atoms. The Balaban J connectivity index is 1.50. The SMILES string of the molecule is NC(=O)Cn1c(O)c(N=NC(=O)[C@H]2CC2(c2ccccc2)c2ccccc2)c2ccccc21. The molecule has 1 heterocycles. The molecule has 7 nitrogen and oxygen atoms in total. The molecule has 3 aromatic carbocycles. The van der Waals surface area contributed by atoms with Gasteiger partial charge in [-0.25, -0.2) is 0 Å². The van der Waals surface area contributed by atoms with Crippen molar-refractivity contribution in [3.05, 3.63) is 96.1 Å². The van der Waals surface area contributed by atoms with Crippen molar-refractivity contribution in [1.29, 1.82) is 0 Å². The third kappa shape index (κ3) is 3.47. The van der Waals surface area contributed by atoms with Crippen LogP contribution in [0.1, 0.15) is 17.5 Å². The zero-order chi connectivity index (χ0) is 23.0. The molecule has 0 spiro atoms. The molecule has 164 valence electrons. The van der Waals surface area contributed by atoms with E-state index >= 15 is 0 Å². The Bertz CT molecular complexity index is 1340. The van der Waals surface area contributed by atoms with Crippen molar-refractivity contribution in [1.82, 2.24) is 4.57 Å². The molecular formula is C26H22N4O3. The molecule has 2 amide bonds. The molecule has 5 rings (SSSR count). The van der Waals surface area contributed by atoms with Crippen molar-refractivity contribution < 1.29 is 14.7 Å². The summed E-state index contributed by atoms with van der Waals surface area (Å²) in [6, 6.07) is 26.9. The van der Waals surface area contributed by atoms with Crippen LogP contribution >= 0.6 is 0 Å². The number of aromatic nitrogens is 1. The van der Waals surface area contributed by atoms with Gasteiger partial charge in [0, 0.05) is 10.8 Å². The minimum absolute atomic E-state index is 0.144. The maximum Gasteiger partial charge on any atom is 0.269 e. The van der Waals surface area contributed by atoms with Crippen LogP contribution in [0.3, 0.4) is 0 Å². The molecule has 1 aliphatic carbocycles. The first kappa shape index (κ1) is 20.6. The second-order valence-corrected chi connectivity index (χ2v) is 8.24. The highest BCUT2D eigenvalue weighted by atomic mass is 16.3. The van der Waals surface area contributed by atoms with Gasteiger partial charge in [-0.3, -0.25) is 9.59 Å². The first-order valence-corrected chi connectivity index (χ1v) is 10.7. The van der Waals surface area contributed by atoms with Crippen LogP contribution in [0, 0.1) is 5.92 Å². The third-order valence-electron chi connectivity index (χ3n) is 6.32. The standard InChI is InChI=1S/C26H22N4O3/c27-22(31)16-30-21-14-8-7-13-19(21)23(25(30)33)28-29-24(32)20-15-26(20,17-9-3-1-4-10-17)18-11-5-2-6-12-18/h1-14,20,33H,15-16H2,(H2,27,31)/t20-/m1/s1. The van der Waals surface area contributed by atoms with Gasteiger partial charge in [0.15, 0.2) is 5.69 Å². The van der Waals surface area contributed by atoms with E-state index in [4.69, 9.17) is 5.73 Å². The predicted octanol–water partition coefficient (Wildman–Crippen LogP) is 4.45. The molecule has 0 unspecified atom stereocenters. The monoisotopic (exact) mass is 438 g/mol. The average Bonchev–Trinajstić information content (AvgIpc) is 3.55. The maximum atomic E-state index is 13.1. The molecule has 1 aliphatic rings. The predicted molar refractivity (Wildman–Crippen MR) is 124 cm³/mol. The summed E-state index contributed by atoms with van der Waals surface area (Å²) in [6.45, 7) is -0.205. The smallest absolute Gasteiger partial charge is 0.269 e. The lowest BCUT2D eigenvalue weighted by Gasteiger charge is -2.17. The molecule has 0 saturated heterocycles. The van der Waals surface area contributed by atoms with Crippen LogP contribution in [0.5, 0.6) is 5.88 Å². The van der Waals surface area contributed by atoms with Crippen molar-refractivity contribution in [2.24, 2.45) is 21.9 Å². The van der Waals surface area contributed by atoms with Gasteiger partial charge >= 0.3 is 0 Å². The van der Waals surface area contributed by atoms with Crippen molar-refractivity contribution in [2.75, 3.05) is 0 Å². The topological polar surface area (TPSA) is 110 Å². The summed E-state index contributed by atoms with van der Waals surface area (Å²) >= 11 is 0. The molecule has 1 atom stereocenters. The number of azo groups is 1. The van der Waals surface area contributed by atoms with Gasteiger partial charge in [0.25, 0.3) is 5.91 Å². The Kier molecular flexibility index (Phi) is 5.01. The zero-order valence-corrected chi connectivity index (χ0v) is 17.8. The Morgan fingerprint density at radius 2 is 1.52 bits per heavy atom. The lowest BCUT2D eigenvalue weighted by atomic mass is 9.85. The van der Waals surface area contributed by atoms with E-state index < -0.39 is 11.3 Å². The Morgan fingerprint density at radius 1 is 0.939 bits per heavy atom. The second-order valence-electron chi connectivity index (χ2n) is 8.24. The minimum atomic E-state index is -0.598. The lowest BCUT2D eigenvalue weighted by Crippen LogP contribution is -2.18. The van der Waals surface area contributed by atoms with E-state index in [9.17, 15) is 14.7 Å². The molecule has 33 heavy (non-hydrogen) atoms.